The normalized spacial score (nSPS) is 23.2. The van der Waals surface area contributed by atoms with E-state index in [9.17, 15) is 9.90 Å². The fourth-order valence-electron chi connectivity index (χ4n) is 6.13. The van der Waals surface area contributed by atoms with Crippen LogP contribution < -0.4 is 15.0 Å². The molecule has 4 aromatic rings. The van der Waals surface area contributed by atoms with Crippen molar-refractivity contribution < 1.29 is 14.6 Å². The first-order valence-corrected chi connectivity index (χ1v) is 12.6. The van der Waals surface area contributed by atoms with Gasteiger partial charge in [0.05, 0.1) is 29.8 Å². The van der Waals surface area contributed by atoms with Crippen LogP contribution in [0.1, 0.15) is 36.3 Å². The second kappa shape index (κ2) is 7.83. The highest BCUT2D eigenvalue weighted by Gasteiger charge is 2.65. The molecule has 3 aromatic carbocycles. The van der Waals surface area contributed by atoms with Gasteiger partial charge in [-0.15, -0.1) is 0 Å². The minimum absolute atomic E-state index is 0.0736. The Morgan fingerprint density at radius 1 is 1.06 bits per heavy atom. The van der Waals surface area contributed by atoms with Gasteiger partial charge in [-0.25, -0.2) is 0 Å². The number of aromatic nitrogens is 2. The van der Waals surface area contributed by atoms with Crippen LogP contribution in [0.5, 0.6) is 5.75 Å². The van der Waals surface area contributed by atoms with Gasteiger partial charge in [-0.2, -0.15) is 5.10 Å². The van der Waals surface area contributed by atoms with Crippen molar-refractivity contribution in [2.45, 2.75) is 36.7 Å². The second-order valence-electron chi connectivity index (χ2n) is 10.2. The summed E-state index contributed by atoms with van der Waals surface area (Å²) < 4.78 is 5.42. The minimum atomic E-state index is -0.513. The maximum absolute atomic E-state index is 13.0. The van der Waals surface area contributed by atoms with E-state index in [-0.39, 0.29) is 17.9 Å². The van der Waals surface area contributed by atoms with Gasteiger partial charge >= 0.3 is 0 Å². The van der Waals surface area contributed by atoms with E-state index >= 15 is 0 Å². The molecule has 7 nitrogen and oxygen atoms in total. The lowest BCUT2D eigenvalue weighted by atomic mass is 9.91. The topological polar surface area (TPSA) is 90.5 Å². The molecule has 0 bridgehead atoms. The monoisotopic (exact) mass is 480 g/mol. The summed E-state index contributed by atoms with van der Waals surface area (Å²) >= 11 is 0. The number of amides is 1. The van der Waals surface area contributed by atoms with Crippen molar-refractivity contribution in [3.05, 3.63) is 71.8 Å². The summed E-state index contributed by atoms with van der Waals surface area (Å²) in [5.41, 5.74) is 6.70. The number of H-pyrrole nitrogens is 1. The van der Waals surface area contributed by atoms with Gasteiger partial charge < -0.3 is 20.1 Å². The summed E-state index contributed by atoms with van der Waals surface area (Å²) in [5, 5.41) is 21.8. The highest BCUT2D eigenvalue weighted by molar-refractivity contribution is 6.10. The number of aliphatic hydroxyl groups excluding tert-OH is 1. The number of piperidine rings is 1. The van der Waals surface area contributed by atoms with E-state index in [1.54, 1.807) is 7.11 Å². The highest BCUT2D eigenvalue weighted by Crippen LogP contribution is 2.65. The van der Waals surface area contributed by atoms with Crippen molar-refractivity contribution in [2.24, 2.45) is 0 Å². The third-order valence-electron chi connectivity index (χ3n) is 8.28. The molecule has 3 heterocycles. The van der Waals surface area contributed by atoms with Gasteiger partial charge in [0, 0.05) is 41.3 Å². The number of hydrogen-bond donors (Lipinski definition) is 3. The van der Waals surface area contributed by atoms with Crippen LogP contribution in [0.2, 0.25) is 0 Å². The van der Waals surface area contributed by atoms with Gasteiger partial charge in [-0.1, -0.05) is 24.3 Å². The molecular formula is C29H28N4O3. The molecule has 1 saturated heterocycles. The smallest absolute Gasteiger partial charge is 0.235 e. The Kier molecular flexibility index (Phi) is 4.66. The van der Waals surface area contributed by atoms with Gasteiger partial charge in [-0.3, -0.25) is 9.89 Å². The number of fused-ring (bicyclic) bond motifs is 3. The van der Waals surface area contributed by atoms with E-state index < -0.39 is 5.41 Å². The Bertz CT molecular complexity index is 1490. The van der Waals surface area contributed by atoms with Crippen LogP contribution in [0.3, 0.4) is 0 Å². The Hall–Kier alpha value is -3.84. The molecule has 1 spiro atoms. The average molecular weight is 481 g/mol. The summed E-state index contributed by atoms with van der Waals surface area (Å²) in [7, 11) is 1.65. The number of aromatic amines is 1. The van der Waals surface area contributed by atoms with E-state index in [4.69, 9.17) is 4.74 Å². The minimum Gasteiger partial charge on any atom is -0.497 e. The van der Waals surface area contributed by atoms with Gasteiger partial charge in [0.1, 0.15) is 5.75 Å². The number of methoxy groups -OCH3 is 1. The molecule has 7 rings (SSSR count). The third-order valence-corrected chi connectivity index (χ3v) is 8.28. The van der Waals surface area contributed by atoms with E-state index in [1.807, 2.05) is 18.2 Å². The zero-order valence-electron chi connectivity index (χ0n) is 20.1. The zero-order valence-corrected chi connectivity index (χ0v) is 20.1. The summed E-state index contributed by atoms with van der Waals surface area (Å²) in [6, 6.07) is 20.7. The lowest BCUT2D eigenvalue weighted by molar-refractivity contribution is -0.118. The van der Waals surface area contributed by atoms with E-state index in [0.717, 1.165) is 77.1 Å². The average Bonchev–Trinajstić information content (AvgIpc) is 3.44. The maximum atomic E-state index is 13.0. The molecule has 1 amide bonds. The standard InChI is InChI=1S/C29H28N4O3/c1-36-21-7-9-25-23(15-21)29(28(35)30-25)16-24(29)18-4-8-22-26(14-18)31-32-27(22)17-2-5-19(6-3-17)33-12-10-20(34)11-13-33/h2-9,14-15,20,24,34H,10-13,16H2,1H3,(H,30,35)(H,31,32)/t24-,29-/m0/s1. The predicted octanol–water partition coefficient (Wildman–Crippen LogP) is 4.58. The van der Waals surface area contributed by atoms with Gasteiger partial charge in [0.2, 0.25) is 5.91 Å². The van der Waals surface area contributed by atoms with E-state index in [0.29, 0.717) is 0 Å². The highest BCUT2D eigenvalue weighted by atomic mass is 16.5. The Labute approximate surface area is 209 Å². The number of aliphatic hydroxyl groups is 1. The molecule has 0 unspecified atom stereocenters. The van der Waals surface area contributed by atoms with Crippen LogP contribution in [-0.4, -0.2) is 47.5 Å². The SMILES string of the molecule is COc1ccc2c(c1)[C@]1(C[C@H]1c1ccc3c(-c4ccc(N5CCC(O)CC5)cc4)n[nH]c3c1)C(=O)N2. The Balaban J connectivity index is 1.16. The van der Waals surface area contributed by atoms with Gasteiger partial charge in [0.25, 0.3) is 0 Å². The van der Waals surface area contributed by atoms with E-state index in [2.05, 4.69) is 62.9 Å². The predicted molar refractivity (Wildman–Crippen MR) is 140 cm³/mol. The quantitative estimate of drug-likeness (QED) is 0.398. The number of carbonyl (C=O) groups excluding carboxylic acids is 1. The molecular weight excluding hydrogens is 452 g/mol. The number of benzene rings is 3. The van der Waals surface area contributed by atoms with Crippen LogP contribution in [0, 0.1) is 0 Å². The molecule has 2 aliphatic heterocycles. The van der Waals surface area contributed by atoms with Gasteiger partial charge in [0.15, 0.2) is 0 Å². The number of nitrogens with zero attached hydrogens (tertiary/aromatic N) is 2. The Morgan fingerprint density at radius 3 is 2.64 bits per heavy atom. The number of anilines is 2. The molecule has 36 heavy (non-hydrogen) atoms. The van der Waals surface area contributed by atoms with E-state index in [1.165, 1.54) is 5.69 Å². The summed E-state index contributed by atoms with van der Waals surface area (Å²) in [4.78, 5) is 15.3. The van der Waals surface area contributed by atoms with Crippen LogP contribution in [0.15, 0.2) is 60.7 Å². The summed E-state index contributed by atoms with van der Waals surface area (Å²) in [5.74, 6) is 0.974. The third kappa shape index (κ3) is 3.15. The maximum Gasteiger partial charge on any atom is 0.235 e. The molecule has 7 heteroatoms. The number of ether oxygens (including phenoxy) is 1. The van der Waals surface area contributed by atoms with Crippen molar-refractivity contribution >= 4 is 28.2 Å². The number of hydrogen-bond acceptors (Lipinski definition) is 5. The van der Waals surface area contributed by atoms with Crippen molar-refractivity contribution in [1.82, 2.24) is 10.2 Å². The van der Waals surface area contributed by atoms with Crippen molar-refractivity contribution in [3.63, 3.8) is 0 Å². The lowest BCUT2D eigenvalue weighted by Gasteiger charge is -2.31. The van der Waals surface area contributed by atoms with Crippen LogP contribution in [0.25, 0.3) is 22.2 Å². The summed E-state index contributed by atoms with van der Waals surface area (Å²) in [6.07, 6.45) is 2.25. The molecule has 182 valence electrons. The fraction of sp³-hybridized carbons (Fsp3) is 0.310. The largest absolute Gasteiger partial charge is 0.497 e. The van der Waals surface area contributed by atoms with Crippen molar-refractivity contribution in [3.8, 4) is 17.0 Å². The Morgan fingerprint density at radius 2 is 1.86 bits per heavy atom. The first-order valence-electron chi connectivity index (χ1n) is 12.6. The number of carbonyl (C=O) groups is 1. The second-order valence-corrected chi connectivity index (χ2v) is 10.2. The molecule has 3 aliphatic rings. The van der Waals surface area contributed by atoms with Crippen LogP contribution in [0.4, 0.5) is 11.4 Å². The van der Waals surface area contributed by atoms with Crippen molar-refractivity contribution in [2.75, 3.05) is 30.4 Å². The van der Waals surface area contributed by atoms with Crippen molar-refractivity contribution in [1.29, 1.82) is 0 Å². The van der Waals surface area contributed by atoms with Crippen LogP contribution >= 0.6 is 0 Å². The first kappa shape index (κ1) is 21.4. The lowest BCUT2D eigenvalue weighted by Crippen LogP contribution is -2.35. The number of rotatable bonds is 4. The zero-order chi connectivity index (χ0) is 24.4. The first-order chi connectivity index (χ1) is 17.6. The summed E-state index contributed by atoms with van der Waals surface area (Å²) in [6.45, 7) is 1.76. The molecule has 1 aromatic heterocycles. The fourth-order valence-corrected chi connectivity index (χ4v) is 6.13. The van der Waals surface area contributed by atoms with Crippen LogP contribution in [-0.2, 0) is 10.2 Å². The number of nitrogens with one attached hydrogen (secondary N) is 2. The van der Waals surface area contributed by atoms with Gasteiger partial charge in [-0.05, 0) is 66.8 Å². The molecule has 3 N–H and O–H groups in total. The molecule has 1 aliphatic carbocycles. The molecule has 1 saturated carbocycles. The molecule has 0 radical (unpaired) electrons. The molecule has 2 atom stereocenters. The molecule has 2 fully saturated rings.